The van der Waals surface area contributed by atoms with E-state index in [0.717, 1.165) is 14.7 Å². The predicted molar refractivity (Wildman–Crippen MR) is 152 cm³/mol. The summed E-state index contributed by atoms with van der Waals surface area (Å²) in [5, 5.41) is 9.90. The molecule has 0 aliphatic carbocycles. The molecule has 3 aromatic rings. The maximum absolute atomic E-state index is 13.3. The molecule has 0 unspecified atom stereocenters. The van der Waals surface area contributed by atoms with Crippen molar-refractivity contribution in [1.29, 1.82) is 5.26 Å². The van der Waals surface area contributed by atoms with Gasteiger partial charge in [-0.3, -0.25) is 9.69 Å². The first-order valence-corrected chi connectivity index (χ1v) is 13.5. The van der Waals surface area contributed by atoms with E-state index in [2.05, 4.69) is 33.7 Å². The second-order valence-corrected chi connectivity index (χ2v) is 10.0. The molecule has 0 saturated carbocycles. The standard InChI is InChI=1S/C28H23FIN3O3S/c1-3-33-27(34)25(37-28(33)32-22-11-9-21(29)10-12-22)15-18-13-23(30)26(24(14-18)35-4-2)36-17-20-8-6-5-7-19(20)16-31/h5-15H,3-4,17H2,1-2H3/b25-15+,32-28?. The van der Waals surface area contributed by atoms with Crippen LogP contribution in [0.5, 0.6) is 11.5 Å². The SMILES string of the molecule is CCOc1cc(/C=C2/SC(=Nc3ccc(F)cc3)N(CC)C2=O)cc(I)c1OCc1ccccc1C#N. The molecule has 1 heterocycles. The van der Waals surface area contributed by atoms with E-state index in [0.29, 0.717) is 46.0 Å². The number of nitrogens with zero attached hydrogens (tertiary/aromatic N) is 3. The molecule has 6 nitrogen and oxygen atoms in total. The number of thioether (sulfide) groups is 1. The monoisotopic (exact) mass is 627 g/mol. The minimum atomic E-state index is -0.339. The zero-order valence-electron chi connectivity index (χ0n) is 20.2. The fourth-order valence-electron chi connectivity index (χ4n) is 3.63. The summed E-state index contributed by atoms with van der Waals surface area (Å²) in [6.07, 6.45) is 1.81. The number of likely N-dealkylation sites (N-methyl/N-ethyl adjacent to an activating group) is 1. The summed E-state index contributed by atoms with van der Waals surface area (Å²) in [5.74, 6) is 0.651. The van der Waals surface area contributed by atoms with Crippen molar-refractivity contribution in [3.05, 3.63) is 91.6 Å². The summed E-state index contributed by atoms with van der Waals surface area (Å²) in [5.41, 5.74) is 2.71. The van der Waals surface area contributed by atoms with Gasteiger partial charge in [0.1, 0.15) is 12.4 Å². The molecule has 0 atom stereocenters. The van der Waals surface area contributed by atoms with Gasteiger partial charge in [0.05, 0.1) is 32.4 Å². The van der Waals surface area contributed by atoms with Crippen LogP contribution in [-0.4, -0.2) is 29.1 Å². The maximum Gasteiger partial charge on any atom is 0.266 e. The van der Waals surface area contributed by atoms with E-state index in [1.807, 2.05) is 50.3 Å². The summed E-state index contributed by atoms with van der Waals surface area (Å²) in [7, 11) is 0. The zero-order chi connectivity index (χ0) is 26.4. The van der Waals surface area contributed by atoms with E-state index >= 15 is 0 Å². The molecular weight excluding hydrogens is 604 g/mol. The second kappa shape index (κ2) is 12.3. The van der Waals surface area contributed by atoms with Crippen molar-refractivity contribution in [3.8, 4) is 17.6 Å². The third kappa shape index (κ3) is 6.32. The van der Waals surface area contributed by atoms with Gasteiger partial charge in [0.15, 0.2) is 16.7 Å². The van der Waals surface area contributed by atoms with Crippen LogP contribution in [0.2, 0.25) is 0 Å². The molecule has 188 valence electrons. The molecule has 1 fully saturated rings. The maximum atomic E-state index is 13.3. The number of benzene rings is 3. The number of nitriles is 1. The number of amides is 1. The summed E-state index contributed by atoms with van der Waals surface area (Å²) in [4.78, 5) is 19.8. The number of aliphatic imine (C=N–C) groups is 1. The molecule has 1 aliphatic rings. The average Bonchev–Trinajstić information content (AvgIpc) is 3.18. The van der Waals surface area contributed by atoms with Gasteiger partial charge in [0.2, 0.25) is 0 Å². The minimum absolute atomic E-state index is 0.144. The Labute approximate surface area is 232 Å². The number of rotatable bonds is 8. The van der Waals surface area contributed by atoms with Gasteiger partial charge in [0, 0.05) is 12.1 Å². The molecule has 0 spiro atoms. The van der Waals surface area contributed by atoms with Gasteiger partial charge in [-0.1, -0.05) is 18.2 Å². The van der Waals surface area contributed by atoms with Crippen LogP contribution in [0.25, 0.3) is 6.08 Å². The number of carbonyl (C=O) groups is 1. The molecule has 1 saturated heterocycles. The van der Waals surface area contributed by atoms with E-state index in [4.69, 9.17) is 9.47 Å². The molecule has 0 radical (unpaired) electrons. The second-order valence-electron chi connectivity index (χ2n) is 7.85. The topological polar surface area (TPSA) is 74.9 Å². The van der Waals surface area contributed by atoms with E-state index in [1.165, 1.54) is 23.9 Å². The van der Waals surface area contributed by atoms with Crippen LogP contribution in [0.3, 0.4) is 0 Å². The van der Waals surface area contributed by atoms with Crippen molar-refractivity contribution in [3.63, 3.8) is 0 Å². The fraction of sp³-hybridized carbons (Fsp3) is 0.179. The van der Waals surface area contributed by atoms with Gasteiger partial charge in [-0.15, -0.1) is 0 Å². The molecule has 9 heteroatoms. The minimum Gasteiger partial charge on any atom is -0.490 e. The Kier molecular flexibility index (Phi) is 8.84. The summed E-state index contributed by atoms with van der Waals surface area (Å²) in [6.45, 7) is 4.90. The molecule has 1 aliphatic heterocycles. The summed E-state index contributed by atoms with van der Waals surface area (Å²) in [6, 6.07) is 19.1. The first-order valence-electron chi connectivity index (χ1n) is 11.6. The van der Waals surface area contributed by atoms with Crippen LogP contribution >= 0.6 is 34.4 Å². The Hall–Kier alpha value is -3.36. The largest absolute Gasteiger partial charge is 0.490 e. The van der Waals surface area contributed by atoms with Crippen molar-refractivity contribution >= 4 is 57.2 Å². The van der Waals surface area contributed by atoms with Crippen molar-refractivity contribution < 1.29 is 18.7 Å². The van der Waals surface area contributed by atoms with Gasteiger partial charge in [0.25, 0.3) is 5.91 Å². The van der Waals surface area contributed by atoms with E-state index < -0.39 is 0 Å². The number of carbonyl (C=O) groups excluding carboxylic acids is 1. The number of amidine groups is 1. The van der Waals surface area contributed by atoms with Crippen LogP contribution in [0, 0.1) is 20.7 Å². The third-order valence-corrected chi connectivity index (χ3v) is 7.20. The first kappa shape index (κ1) is 26.7. The lowest BCUT2D eigenvalue weighted by Gasteiger charge is -2.15. The van der Waals surface area contributed by atoms with Crippen molar-refractivity contribution in [2.75, 3.05) is 13.2 Å². The number of ether oxygens (including phenoxy) is 2. The Morgan fingerprint density at radius 2 is 1.89 bits per heavy atom. The highest BCUT2D eigenvalue weighted by atomic mass is 127. The molecule has 1 amide bonds. The normalized spacial score (nSPS) is 15.3. The highest BCUT2D eigenvalue weighted by Crippen LogP contribution is 2.38. The van der Waals surface area contributed by atoms with Gasteiger partial charge < -0.3 is 9.47 Å². The predicted octanol–water partition coefficient (Wildman–Crippen LogP) is 6.90. The summed E-state index contributed by atoms with van der Waals surface area (Å²) < 4.78 is 26.0. The van der Waals surface area contributed by atoms with Crippen LogP contribution in [0.1, 0.15) is 30.5 Å². The van der Waals surface area contributed by atoms with Crippen LogP contribution in [0.15, 0.2) is 70.6 Å². The fourth-order valence-corrected chi connectivity index (χ4v) is 5.47. The highest BCUT2D eigenvalue weighted by Gasteiger charge is 2.32. The number of halogens is 2. The van der Waals surface area contributed by atoms with Crippen LogP contribution in [-0.2, 0) is 11.4 Å². The molecule has 0 bridgehead atoms. The Bertz CT molecular complexity index is 1420. The Morgan fingerprint density at radius 3 is 2.59 bits per heavy atom. The van der Waals surface area contributed by atoms with Crippen LogP contribution in [0.4, 0.5) is 10.1 Å². The van der Waals surface area contributed by atoms with E-state index in [-0.39, 0.29) is 18.3 Å². The van der Waals surface area contributed by atoms with E-state index in [1.54, 1.807) is 23.1 Å². The molecule has 0 N–H and O–H groups in total. The number of hydrogen-bond donors (Lipinski definition) is 0. The quantitative estimate of drug-likeness (QED) is 0.201. The molecule has 3 aromatic carbocycles. The third-order valence-electron chi connectivity index (χ3n) is 5.39. The van der Waals surface area contributed by atoms with Gasteiger partial charge in [-0.2, -0.15) is 5.26 Å². The Balaban J connectivity index is 1.62. The van der Waals surface area contributed by atoms with Crippen molar-refractivity contribution in [2.24, 2.45) is 4.99 Å². The molecular formula is C28H23FIN3O3S. The van der Waals surface area contributed by atoms with Crippen molar-refractivity contribution in [2.45, 2.75) is 20.5 Å². The highest BCUT2D eigenvalue weighted by molar-refractivity contribution is 14.1. The average molecular weight is 627 g/mol. The van der Waals surface area contributed by atoms with E-state index in [9.17, 15) is 14.4 Å². The smallest absolute Gasteiger partial charge is 0.266 e. The van der Waals surface area contributed by atoms with Crippen LogP contribution < -0.4 is 9.47 Å². The molecule has 37 heavy (non-hydrogen) atoms. The van der Waals surface area contributed by atoms with Gasteiger partial charge in [-0.05, 0) is 102 Å². The lowest BCUT2D eigenvalue weighted by atomic mass is 10.1. The zero-order valence-corrected chi connectivity index (χ0v) is 23.2. The Morgan fingerprint density at radius 1 is 1.14 bits per heavy atom. The van der Waals surface area contributed by atoms with Gasteiger partial charge >= 0.3 is 0 Å². The summed E-state index contributed by atoms with van der Waals surface area (Å²) >= 11 is 3.46. The lowest BCUT2D eigenvalue weighted by Crippen LogP contribution is -2.28. The lowest BCUT2D eigenvalue weighted by molar-refractivity contribution is -0.122. The molecule has 0 aromatic heterocycles. The number of hydrogen-bond acceptors (Lipinski definition) is 6. The van der Waals surface area contributed by atoms with Crippen molar-refractivity contribution in [1.82, 2.24) is 4.90 Å². The molecule has 4 rings (SSSR count). The first-order chi connectivity index (χ1) is 17.9. The van der Waals surface area contributed by atoms with Gasteiger partial charge in [-0.25, -0.2) is 9.38 Å².